The van der Waals surface area contributed by atoms with Crippen LogP contribution in [0.1, 0.15) is 0 Å². The number of aromatic nitrogens is 2. The summed E-state index contributed by atoms with van der Waals surface area (Å²) in [6.45, 7) is 0. The van der Waals surface area contributed by atoms with Gasteiger partial charge in [0, 0.05) is 16.1 Å². The molecule has 0 saturated carbocycles. The second kappa shape index (κ2) is 3.75. The fourth-order valence-corrected chi connectivity index (χ4v) is 1.55. The monoisotopic (exact) mass is 250 g/mol. The van der Waals surface area contributed by atoms with Crippen molar-refractivity contribution in [3.8, 4) is 11.3 Å². The molecule has 4 heteroatoms. The zero-order valence-corrected chi connectivity index (χ0v) is 8.78. The van der Waals surface area contributed by atoms with Gasteiger partial charge in [-0.3, -0.25) is 4.79 Å². The molecule has 3 nitrogen and oxygen atoms in total. The van der Waals surface area contributed by atoms with E-state index in [1.54, 1.807) is 6.07 Å². The SMILES string of the molecule is O=c1ccc(-c2cccc(Br)c2)n[nH]1. The average molecular weight is 251 g/mol. The molecule has 0 amide bonds. The van der Waals surface area contributed by atoms with E-state index in [0.29, 0.717) is 0 Å². The number of hydrogen-bond acceptors (Lipinski definition) is 2. The van der Waals surface area contributed by atoms with Crippen LogP contribution < -0.4 is 5.56 Å². The van der Waals surface area contributed by atoms with E-state index in [9.17, 15) is 4.79 Å². The standard InChI is InChI=1S/C10H7BrN2O/c11-8-3-1-2-7(6-8)9-4-5-10(14)13-12-9/h1-6H,(H,13,14). The molecule has 70 valence electrons. The molecule has 2 rings (SSSR count). The lowest BCUT2D eigenvalue weighted by atomic mass is 10.1. The largest absolute Gasteiger partial charge is 0.268 e. The number of aromatic amines is 1. The second-order valence-corrected chi connectivity index (χ2v) is 3.73. The van der Waals surface area contributed by atoms with Gasteiger partial charge in [-0.25, -0.2) is 5.10 Å². The Hall–Kier alpha value is -1.42. The molecule has 0 bridgehead atoms. The van der Waals surface area contributed by atoms with Gasteiger partial charge >= 0.3 is 0 Å². The number of H-pyrrole nitrogens is 1. The molecule has 0 spiro atoms. The van der Waals surface area contributed by atoms with Gasteiger partial charge in [-0.2, -0.15) is 5.10 Å². The van der Waals surface area contributed by atoms with Crippen LogP contribution in [0.25, 0.3) is 11.3 Å². The van der Waals surface area contributed by atoms with Gasteiger partial charge in [0.1, 0.15) is 0 Å². The molecule has 0 aliphatic carbocycles. The summed E-state index contributed by atoms with van der Waals surface area (Å²) >= 11 is 3.37. The van der Waals surface area contributed by atoms with Gasteiger partial charge < -0.3 is 0 Å². The molecular weight excluding hydrogens is 244 g/mol. The minimum atomic E-state index is -0.191. The second-order valence-electron chi connectivity index (χ2n) is 2.82. The van der Waals surface area contributed by atoms with Crippen molar-refractivity contribution >= 4 is 15.9 Å². The minimum Gasteiger partial charge on any atom is -0.268 e. The molecule has 0 radical (unpaired) electrons. The molecule has 0 atom stereocenters. The smallest absolute Gasteiger partial charge is 0.264 e. The fraction of sp³-hybridized carbons (Fsp3) is 0. The molecule has 0 saturated heterocycles. The van der Waals surface area contributed by atoms with Crippen molar-refractivity contribution in [1.29, 1.82) is 0 Å². The summed E-state index contributed by atoms with van der Waals surface area (Å²) in [7, 11) is 0. The Labute approximate surface area is 88.9 Å². The van der Waals surface area contributed by atoms with Crippen LogP contribution in [0.2, 0.25) is 0 Å². The highest BCUT2D eigenvalue weighted by Gasteiger charge is 1.98. The fourth-order valence-electron chi connectivity index (χ4n) is 1.15. The number of nitrogens with one attached hydrogen (secondary N) is 1. The van der Waals surface area contributed by atoms with Crippen LogP contribution in [0.4, 0.5) is 0 Å². The normalized spacial score (nSPS) is 10.1. The van der Waals surface area contributed by atoms with E-state index in [2.05, 4.69) is 26.1 Å². The first-order valence-electron chi connectivity index (χ1n) is 4.07. The van der Waals surface area contributed by atoms with E-state index in [-0.39, 0.29) is 5.56 Å². The van der Waals surface area contributed by atoms with Gasteiger partial charge in [-0.15, -0.1) is 0 Å². The lowest BCUT2D eigenvalue weighted by Crippen LogP contribution is -2.05. The summed E-state index contributed by atoms with van der Waals surface area (Å²) in [5, 5.41) is 6.33. The first kappa shape index (κ1) is 9.15. The molecule has 14 heavy (non-hydrogen) atoms. The van der Waals surface area contributed by atoms with Crippen LogP contribution >= 0.6 is 15.9 Å². The third-order valence-electron chi connectivity index (χ3n) is 1.80. The number of nitrogens with zero attached hydrogens (tertiary/aromatic N) is 1. The minimum absolute atomic E-state index is 0.191. The van der Waals surface area contributed by atoms with Crippen molar-refractivity contribution in [3.05, 3.63) is 51.2 Å². The lowest BCUT2D eigenvalue weighted by molar-refractivity contribution is 0.995. The Morgan fingerprint density at radius 1 is 1.21 bits per heavy atom. The summed E-state index contributed by atoms with van der Waals surface area (Å²) in [6, 6.07) is 10.9. The van der Waals surface area contributed by atoms with Crippen LogP contribution in [-0.2, 0) is 0 Å². The van der Waals surface area contributed by atoms with Crippen LogP contribution in [0, 0.1) is 0 Å². The molecule has 1 aromatic heterocycles. The number of halogens is 1. The van der Waals surface area contributed by atoms with Crippen molar-refractivity contribution in [2.75, 3.05) is 0 Å². The third-order valence-corrected chi connectivity index (χ3v) is 2.29. The Kier molecular flexibility index (Phi) is 2.45. The topological polar surface area (TPSA) is 45.8 Å². The highest BCUT2D eigenvalue weighted by Crippen LogP contribution is 2.19. The van der Waals surface area contributed by atoms with E-state index in [0.717, 1.165) is 15.7 Å². The van der Waals surface area contributed by atoms with Gasteiger partial charge in [-0.1, -0.05) is 28.1 Å². The van der Waals surface area contributed by atoms with E-state index in [1.807, 2.05) is 24.3 Å². The van der Waals surface area contributed by atoms with Crippen LogP contribution in [0.5, 0.6) is 0 Å². The maximum absolute atomic E-state index is 10.8. The highest BCUT2D eigenvalue weighted by molar-refractivity contribution is 9.10. The third kappa shape index (κ3) is 1.90. The number of rotatable bonds is 1. The maximum atomic E-state index is 10.8. The Morgan fingerprint density at radius 3 is 2.71 bits per heavy atom. The van der Waals surface area contributed by atoms with E-state index < -0.39 is 0 Å². The first-order chi connectivity index (χ1) is 6.75. The maximum Gasteiger partial charge on any atom is 0.264 e. The molecule has 0 aliphatic heterocycles. The number of hydrogen-bond donors (Lipinski definition) is 1. The van der Waals surface area contributed by atoms with Gasteiger partial charge in [0.2, 0.25) is 0 Å². The summed E-state index contributed by atoms with van der Waals surface area (Å²) in [4.78, 5) is 10.8. The predicted molar refractivity (Wildman–Crippen MR) is 58.0 cm³/mol. The molecule has 0 fully saturated rings. The Balaban J connectivity index is 2.49. The van der Waals surface area contributed by atoms with Crippen molar-refractivity contribution in [2.45, 2.75) is 0 Å². The zero-order chi connectivity index (χ0) is 9.97. The molecule has 1 N–H and O–H groups in total. The highest BCUT2D eigenvalue weighted by atomic mass is 79.9. The zero-order valence-electron chi connectivity index (χ0n) is 7.20. The van der Waals surface area contributed by atoms with Crippen molar-refractivity contribution in [1.82, 2.24) is 10.2 Å². The van der Waals surface area contributed by atoms with Crippen molar-refractivity contribution in [3.63, 3.8) is 0 Å². The van der Waals surface area contributed by atoms with E-state index in [1.165, 1.54) is 6.07 Å². The van der Waals surface area contributed by atoms with Gasteiger partial charge in [0.15, 0.2) is 0 Å². The van der Waals surface area contributed by atoms with E-state index in [4.69, 9.17) is 0 Å². The summed E-state index contributed by atoms with van der Waals surface area (Å²) in [6.07, 6.45) is 0. The molecule has 0 unspecified atom stereocenters. The van der Waals surface area contributed by atoms with E-state index >= 15 is 0 Å². The molecular formula is C10H7BrN2O. The van der Waals surface area contributed by atoms with Crippen molar-refractivity contribution < 1.29 is 0 Å². The number of benzene rings is 1. The summed E-state index contributed by atoms with van der Waals surface area (Å²) in [5.41, 5.74) is 1.53. The predicted octanol–water partition coefficient (Wildman–Crippen LogP) is 2.20. The molecule has 0 aliphatic rings. The summed E-state index contributed by atoms with van der Waals surface area (Å²) in [5.74, 6) is 0. The average Bonchev–Trinajstić information content (AvgIpc) is 2.19. The Bertz CT molecular complexity index is 487. The van der Waals surface area contributed by atoms with Gasteiger partial charge in [-0.05, 0) is 18.2 Å². The van der Waals surface area contributed by atoms with Crippen molar-refractivity contribution in [2.24, 2.45) is 0 Å². The first-order valence-corrected chi connectivity index (χ1v) is 4.87. The molecule has 1 heterocycles. The lowest BCUT2D eigenvalue weighted by Gasteiger charge is -1.99. The van der Waals surface area contributed by atoms with Gasteiger partial charge in [0.05, 0.1) is 5.69 Å². The summed E-state index contributed by atoms with van der Waals surface area (Å²) < 4.78 is 0.989. The molecule has 2 aromatic rings. The van der Waals surface area contributed by atoms with Gasteiger partial charge in [0.25, 0.3) is 5.56 Å². The molecule has 1 aromatic carbocycles. The van der Waals surface area contributed by atoms with Crippen LogP contribution in [-0.4, -0.2) is 10.2 Å². The van der Waals surface area contributed by atoms with Crippen LogP contribution in [0.15, 0.2) is 45.7 Å². The Morgan fingerprint density at radius 2 is 2.07 bits per heavy atom. The quantitative estimate of drug-likeness (QED) is 0.844. The van der Waals surface area contributed by atoms with Crippen LogP contribution in [0.3, 0.4) is 0 Å².